The molecule has 0 fully saturated rings. The van der Waals surface area contributed by atoms with Crippen molar-refractivity contribution in [1.82, 2.24) is 6.15 Å². The van der Waals surface area contributed by atoms with Crippen LogP contribution in [0.3, 0.4) is 0 Å². The summed E-state index contributed by atoms with van der Waals surface area (Å²) in [5.74, 6) is -0.0700. The molecular weight excluding hydrogens is 130 g/mol. The van der Waals surface area contributed by atoms with Crippen LogP contribution in [0.25, 0.3) is 0 Å². The molecule has 62 valence electrons. The lowest BCUT2D eigenvalue weighted by atomic mass is 10.3. The molecule has 0 aromatic carbocycles. The number of carbonyl (C=O) groups is 1. The van der Waals surface area contributed by atoms with E-state index >= 15 is 0 Å². The Balaban J connectivity index is 0. The molecule has 10 heavy (non-hydrogen) atoms. The standard InChI is InChI=1S/C7H14O2.H3N/c1-3-5-6-7(8)9-4-2;/h3-6H2,1-2H3;1H3. The lowest BCUT2D eigenvalue weighted by Crippen LogP contribution is -2.02. The summed E-state index contributed by atoms with van der Waals surface area (Å²) in [5, 5.41) is 0. The van der Waals surface area contributed by atoms with E-state index < -0.39 is 0 Å². The molecule has 3 nitrogen and oxygen atoms in total. The first-order chi connectivity index (χ1) is 4.31. The van der Waals surface area contributed by atoms with Gasteiger partial charge >= 0.3 is 5.97 Å². The van der Waals surface area contributed by atoms with Crippen molar-refractivity contribution in [3.8, 4) is 0 Å². The Kier molecular flexibility index (Phi) is 10.2. The summed E-state index contributed by atoms with van der Waals surface area (Å²) in [5.41, 5.74) is 0. The van der Waals surface area contributed by atoms with Crippen LogP contribution in [0.5, 0.6) is 0 Å². The summed E-state index contributed by atoms with van der Waals surface area (Å²) in [6.07, 6.45) is 2.57. The predicted molar refractivity (Wildman–Crippen MR) is 41.2 cm³/mol. The number of rotatable bonds is 4. The molecule has 0 unspecified atom stereocenters. The zero-order valence-corrected chi connectivity index (χ0v) is 6.85. The van der Waals surface area contributed by atoms with E-state index in [1.54, 1.807) is 0 Å². The van der Waals surface area contributed by atoms with E-state index in [0.717, 1.165) is 12.8 Å². The molecule has 0 aromatic heterocycles. The summed E-state index contributed by atoms with van der Waals surface area (Å²) in [4.78, 5) is 10.6. The highest BCUT2D eigenvalue weighted by atomic mass is 16.5. The lowest BCUT2D eigenvalue weighted by Gasteiger charge is -1.97. The minimum absolute atomic E-state index is 0. The highest BCUT2D eigenvalue weighted by Crippen LogP contribution is 1.95. The fourth-order valence-corrected chi connectivity index (χ4v) is 0.554. The van der Waals surface area contributed by atoms with E-state index in [2.05, 4.69) is 6.92 Å². The van der Waals surface area contributed by atoms with Gasteiger partial charge in [-0.25, -0.2) is 0 Å². The van der Waals surface area contributed by atoms with Gasteiger partial charge in [-0.1, -0.05) is 13.3 Å². The second-order valence-corrected chi connectivity index (χ2v) is 1.91. The largest absolute Gasteiger partial charge is 0.466 e. The Labute approximate surface area is 62.3 Å². The molecule has 0 aliphatic carbocycles. The second-order valence-electron chi connectivity index (χ2n) is 1.91. The van der Waals surface area contributed by atoms with Crippen molar-refractivity contribution in [2.75, 3.05) is 6.61 Å². The van der Waals surface area contributed by atoms with Crippen LogP contribution in [-0.2, 0) is 9.53 Å². The van der Waals surface area contributed by atoms with Gasteiger partial charge in [0.15, 0.2) is 0 Å². The smallest absolute Gasteiger partial charge is 0.305 e. The predicted octanol–water partition coefficient (Wildman–Crippen LogP) is 1.90. The fraction of sp³-hybridized carbons (Fsp3) is 0.857. The first-order valence-electron chi connectivity index (χ1n) is 3.46. The van der Waals surface area contributed by atoms with Crippen LogP contribution in [0.2, 0.25) is 0 Å². The minimum Gasteiger partial charge on any atom is -0.466 e. The van der Waals surface area contributed by atoms with Gasteiger partial charge in [-0.2, -0.15) is 0 Å². The molecule has 0 radical (unpaired) electrons. The molecule has 0 spiro atoms. The maximum Gasteiger partial charge on any atom is 0.305 e. The van der Waals surface area contributed by atoms with E-state index in [4.69, 9.17) is 4.74 Å². The van der Waals surface area contributed by atoms with Crippen molar-refractivity contribution in [2.24, 2.45) is 0 Å². The number of hydrogen-bond donors (Lipinski definition) is 1. The van der Waals surface area contributed by atoms with Crippen LogP contribution in [0.4, 0.5) is 0 Å². The zero-order valence-electron chi connectivity index (χ0n) is 6.85. The summed E-state index contributed by atoms with van der Waals surface area (Å²) in [6, 6.07) is 0. The molecule has 0 aliphatic heterocycles. The molecule has 0 saturated heterocycles. The van der Waals surface area contributed by atoms with Gasteiger partial charge in [-0.05, 0) is 13.3 Å². The molecule has 0 atom stereocenters. The third-order valence-corrected chi connectivity index (χ3v) is 1.04. The van der Waals surface area contributed by atoms with E-state index in [-0.39, 0.29) is 12.1 Å². The number of hydrogen-bond acceptors (Lipinski definition) is 3. The fourth-order valence-electron chi connectivity index (χ4n) is 0.554. The van der Waals surface area contributed by atoms with Crippen LogP contribution in [0, 0.1) is 0 Å². The number of carbonyl (C=O) groups excluding carboxylic acids is 1. The van der Waals surface area contributed by atoms with Crippen LogP contribution in [-0.4, -0.2) is 12.6 Å². The van der Waals surface area contributed by atoms with Gasteiger partial charge in [0, 0.05) is 6.42 Å². The Morgan fingerprint density at radius 2 is 2.00 bits per heavy atom. The molecule has 0 aliphatic rings. The van der Waals surface area contributed by atoms with E-state index in [0.29, 0.717) is 13.0 Å². The SMILES string of the molecule is CCCCC(=O)OCC.N. The van der Waals surface area contributed by atoms with Gasteiger partial charge in [0.05, 0.1) is 6.61 Å². The minimum atomic E-state index is -0.0700. The Hall–Kier alpha value is -0.570. The first-order valence-corrected chi connectivity index (χ1v) is 3.46. The van der Waals surface area contributed by atoms with Crippen molar-refractivity contribution >= 4 is 5.97 Å². The molecule has 0 saturated carbocycles. The van der Waals surface area contributed by atoms with E-state index in [9.17, 15) is 4.79 Å². The molecule has 0 amide bonds. The van der Waals surface area contributed by atoms with Crippen molar-refractivity contribution in [2.45, 2.75) is 33.1 Å². The van der Waals surface area contributed by atoms with Crippen LogP contribution >= 0.6 is 0 Å². The molecule has 3 heteroatoms. The van der Waals surface area contributed by atoms with Crippen LogP contribution < -0.4 is 6.15 Å². The van der Waals surface area contributed by atoms with E-state index in [1.807, 2.05) is 6.92 Å². The topological polar surface area (TPSA) is 61.3 Å². The molecule has 0 rings (SSSR count). The van der Waals surface area contributed by atoms with Gasteiger partial charge in [0.2, 0.25) is 0 Å². The molecule has 0 bridgehead atoms. The van der Waals surface area contributed by atoms with Gasteiger partial charge < -0.3 is 10.9 Å². The van der Waals surface area contributed by atoms with Crippen molar-refractivity contribution in [3.05, 3.63) is 0 Å². The molecule has 0 heterocycles. The van der Waals surface area contributed by atoms with Crippen molar-refractivity contribution < 1.29 is 9.53 Å². The third kappa shape index (κ3) is 7.43. The normalized spacial score (nSPS) is 8.20. The van der Waals surface area contributed by atoms with Crippen molar-refractivity contribution in [3.63, 3.8) is 0 Å². The maximum atomic E-state index is 10.6. The molecular formula is C7H17NO2. The van der Waals surface area contributed by atoms with E-state index in [1.165, 1.54) is 0 Å². The highest BCUT2D eigenvalue weighted by Gasteiger charge is 1.97. The monoisotopic (exact) mass is 147 g/mol. The van der Waals surface area contributed by atoms with Gasteiger partial charge in [-0.15, -0.1) is 0 Å². The van der Waals surface area contributed by atoms with Crippen LogP contribution in [0.1, 0.15) is 33.1 Å². The summed E-state index contributed by atoms with van der Waals surface area (Å²) in [7, 11) is 0. The van der Waals surface area contributed by atoms with Gasteiger partial charge in [0.25, 0.3) is 0 Å². The quantitative estimate of drug-likeness (QED) is 0.618. The number of unbranched alkanes of at least 4 members (excludes halogenated alkanes) is 1. The summed E-state index contributed by atoms with van der Waals surface area (Å²) >= 11 is 0. The summed E-state index contributed by atoms with van der Waals surface area (Å²) in [6.45, 7) is 4.38. The van der Waals surface area contributed by atoms with Crippen molar-refractivity contribution in [1.29, 1.82) is 0 Å². The Morgan fingerprint density at radius 1 is 1.40 bits per heavy atom. The lowest BCUT2D eigenvalue weighted by molar-refractivity contribution is -0.143. The maximum absolute atomic E-state index is 10.6. The molecule has 3 N–H and O–H groups in total. The first kappa shape index (κ1) is 12.1. The Morgan fingerprint density at radius 3 is 2.40 bits per heavy atom. The summed E-state index contributed by atoms with van der Waals surface area (Å²) < 4.78 is 4.70. The molecule has 0 aromatic rings. The Bertz CT molecular complexity index is 83.7. The number of ether oxygens (including phenoxy) is 1. The third-order valence-electron chi connectivity index (χ3n) is 1.04. The zero-order chi connectivity index (χ0) is 7.11. The number of esters is 1. The average Bonchev–Trinajstić information content (AvgIpc) is 1.85. The van der Waals surface area contributed by atoms with Gasteiger partial charge in [0.1, 0.15) is 0 Å². The highest BCUT2D eigenvalue weighted by molar-refractivity contribution is 5.69. The van der Waals surface area contributed by atoms with Crippen LogP contribution in [0.15, 0.2) is 0 Å². The average molecular weight is 147 g/mol. The van der Waals surface area contributed by atoms with Gasteiger partial charge in [-0.3, -0.25) is 4.79 Å². The second kappa shape index (κ2) is 8.43.